The van der Waals surface area contributed by atoms with E-state index in [0.717, 1.165) is 36.1 Å². The summed E-state index contributed by atoms with van der Waals surface area (Å²) in [5.41, 5.74) is 1.60. The number of thiazole rings is 1. The molecule has 0 aliphatic carbocycles. The number of nitrogens with one attached hydrogen (secondary N) is 1. The van der Waals surface area contributed by atoms with E-state index in [0.29, 0.717) is 18.9 Å². The average molecular weight is 375 g/mol. The summed E-state index contributed by atoms with van der Waals surface area (Å²) in [5, 5.41) is 4.63. The number of hydrogen-bond acceptors (Lipinski definition) is 7. The Balaban J connectivity index is 1.59. The Bertz CT molecular complexity index is 712. The maximum absolute atomic E-state index is 12.2. The number of aromatic nitrogens is 1. The molecule has 1 aromatic carbocycles. The molecule has 0 amide bonds. The minimum absolute atomic E-state index is 0.245. The molecule has 0 spiro atoms. The standard InChI is InChI=1S/C19H25N3O3S/c1-3-24-18(23)16-17(26-19(20-2)21-16)22-11-9-15(10-12-22)25-13-14-7-5-4-6-8-14/h4-8,15H,3,9-13H2,1-2H3,(H,20,21). The lowest BCUT2D eigenvalue weighted by Crippen LogP contribution is -2.37. The molecular weight excluding hydrogens is 350 g/mol. The summed E-state index contributed by atoms with van der Waals surface area (Å²) in [7, 11) is 1.81. The number of rotatable bonds is 7. The van der Waals surface area contributed by atoms with Crippen LogP contribution in [-0.2, 0) is 16.1 Å². The van der Waals surface area contributed by atoms with Crippen molar-refractivity contribution in [3.63, 3.8) is 0 Å². The van der Waals surface area contributed by atoms with Crippen LogP contribution in [0.4, 0.5) is 10.1 Å². The molecule has 0 bridgehead atoms. The Kier molecular flexibility index (Phi) is 6.46. The molecule has 0 atom stereocenters. The van der Waals surface area contributed by atoms with Gasteiger partial charge in [0.05, 0.1) is 19.3 Å². The summed E-state index contributed by atoms with van der Waals surface area (Å²) < 4.78 is 11.2. The van der Waals surface area contributed by atoms with E-state index in [2.05, 4.69) is 27.3 Å². The largest absolute Gasteiger partial charge is 0.461 e. The maximum Gasteiger partial charge on any atom is 0.360 e. The van der Waals surface area contributed by atoms with Gasteiger partial charge < -0.3 is 19.7 Å². The molecule has 1 N–H and O–H groups in total. The number of carbonyl (C=O) groups is 1. The van der Waals surface area contributed by atoms with Gasteiger partial charge in [-0.05, 0) is 25.3 Å². The summed E-state index contributed by atoms with van der Waals surface area (Å²) in [6.45, 7) is 4.48. The Labute approximate surface area is 158 Å². The van der Waals surface area contributed by atoms with E-state index < -0.39 is 0 Å². The fraction of sp³-hybridized carbons (Fsp3) is 0.474. The smallest absolute Gasteiger partial charge is 0.360 e. The topological polar surface area (TPSA) is 63.7 Å². The third-order valence-corrected chi connectivity index (χ3v) is 5.48. The van der Waals surface area contributed by atoms with E-state index in [1.165, 1.54) is 16.9 Å². The van der Waals surface area contributed by atoms with Gasteiger partial charge in [0, 0.05) is 20.1 Å². The Morgan fingerprint density at radius 2 is 2.04 bits per heavy atom. The van der Waals surface area contributed by atoms with Crippen molar-refractivity contribution >= 4 is 27.4 Å². The minimum atomic E-state index is -0.359. The highest BCUT2D eigenvalue weighted by Crippen LogP contribution is 2.34. The van der Waals surface area contributed by atoms with Crippen LogP contribution in [0, 0.1) is 0 Å². The molecule has 2 heterocycles. The van der Waals surface area contributed by atoms with Gasteiger partial charge >= 0.3 is 5.97 Å². The fourth-order valence-electron chi connectivity index (χ4n) is 2.98. The van der Waals surface area contributed by atoms with Crippen molar-refractivity contribution in [3.05, 3.63) is 41.6 Å². The molecule has 7 heteroatoms. The van der Waals surface area contributed by atoms with E-state index in [1.807, 2.05) is 18.2 Å². The van der Waals surface area contributed by atoms with Gasteiger partial charge in [0.15, 0.2) is 10.8 Å². The van der Waals surface area contributed by atoms with Crippen LogP contribution in [0.1, 0.15) is 35.8 Å². The maximum atomic E-state index is 12.2. The van der Waals surface area contributed by atoms with Crippen molar-refractivity contribution in [2.24, 2.45) is 0 Å². The average Bonchev–Trinajstić information content (AvgIpc) is 3.12. The Hall–Kier alpha value is -2.12. The Morgan fingerprint density at radius 3 is 2.69 bits per heavy atom. The van der Waals surface area contributed by atoms with Crippen molar-refractivity contribution in [2.45, 2.75) is 32.5 Å². The second-order valence-electron chi connectivity index (χ2n) is 6.13. The Morgan fingerprint density at radius 1 is 1.31 bits per heavy atom. The summed E-state index contributed by atoms with van der Waals surface area (Å²) in [4.78, 5) is 18.8. The van der Waals surface area contributed by atoms with Crippen molar-refractivity contribution in [2.75, 3.05) is 37.0 Å². The molecule has 3 rings (SSSR count). The van der Waals surface area contributed by atoms with Crippen molar-refractivity contribution in [1.29, 1.82) is 0 Å². The number of ether oxygens (including phenoxy) is 2. The first-order valence-electron chi connectivity index (χ1n) is 8.97. The number of benzene rings is 1. The molecule has 6 nitrogen and oxygen atoms in total. The molecular formula is C19H25N3O3S. The van der Waals surface area contributed by atoms with Gasteiger partial charge in [-0.15, -0.1) is 0 Å². The molecule has 1 fully saturated rings. The molecule has 1 saturated heterocycles. The molecule has 0 radical (unpaired) electrons. The van der Waals surface area contributed by atoms with Crippen LogP contribution in [0.3, 0.4) is 0 Å². The van der Waals surface area contributed by atoms with Gasteiger partial charge in [-0.25, -0.2) is 9.78 Å². The van der Waals surface area contributed by atoms with Crippen molar-refractivity contribution in [1.82, 2.24) is 4.98 Å². The van der Waals surface area contributed by atoms with Gasteiger partial charge in [0.25, 0.3) is 0 Å². The highest BCUT2D eigenvalue weighted by Gasteiger charge is 2.27. The number of esters is 1. The van der Waals surface area contributed by atoms with Crippen LogP contribution in [0.25, 0.3) is 0 Å². The van der Waals surface area contributed by atoms with E-state index in [-0.39, 0.29) is 12.1 Å². The predicted molar refractivity (Wildman–Crippen MR) is 104 cm³/mol. The number of anilines is 2. The first-order valence-corrected chi connectivity index (χ1v) is 9.79. The van der Waals surface area contributed by atoms with E-state index >= 15 is 0 Å². The SMILES string of the molecule is CCOC(=O)c1nc(NC)sc1N1CCC(OCc2ccccc2)CC1. The van der Waals surface area contributed by atoms with Crippen LogP contribution in [0.2, 0.25) is 0 Å². The van der Waals surface area contributed by atoms with Crippen LogP contribution in [0.15, 0.2) is 30.3 Å². The number of piperidine rings is 1. The monoisotopic (exact) mass is 375 g/mol. The second kappa shape index (κ2) is 9.00. The van der Waals surface area contributed by atoms with Crippen LogP contribution in [-0.4, -0.2) is 43.8 Å². The quantitative estimate of drug-likeness (QED) is 0.747. The second-order valence-corrected chi connectivity index (χ2v) is 7.10. The zero-order chi connectivity index (χ0) is 18.4. The van der Waals surface area contributed by atoms with Crippen LogP contribution >= 0.6 is 11.3 Å². The molecule has 1 aromatic heterocycles. The molecule has 1 aliphatic rings. The molecule has 140 valence electrons. The highest BCUT2D eigenvalue weighted by atomic mass is 32.1. The third kappa shape index (κ3) is 4.53. The number of hydrogen-bond donors (Lipinski definition) is 1. The third-order valence-electron chi connectivity index (χ3n) is 4.35. The lowest BCUT2D eigenvalue weighted by atomic mass is 10.1. The zero-order valence-electron chi connectivity index (χ0n) is 15.2. The number of nitrogens with zero attached hydrogens (tertiary/aromatic N) is 2. The van der Waals surface area contributed by atoms with E-state index in [4.69, 9.17) is 9.47 Å². The van der Waals surface area contributed by atoms with Crippen molar-refractivity contribution < 1.29 is 14.3 Å². The highest BCUT2D eigenvalue weighted by molar-refractivity contribution is 7.19. The summed E-state index contributed by atoms with van der Waals surface area (Å²) in [6.07, 6.45) is 2.11. The van der Waals surface area contributed by atoms with Crippen LogP contribution in [0.5, 0.6) is 0 Å². The zero-order valence-corrected chi connectivity index (χ0v) is 16.1. The summed E-state index contributed by atoms with van der Waals surface area (Å²) in [6, 6.07) is 10.2. The fourth-order valence-corrected chi connectivity index (χ4v) is 3.94. The molecule has 1 aliphatic heterocycles. The predicted octanol–water partition coefficient (Wildman–Crippen LogP) is 3.55. The molecule has 0 unspecified atom stereocenters. The van der Waals surface area contributed by atoms with E-state index in [9.17, 15) is 4.79 Å². The van der Waals surface area contributed by atoms with Crippen LogP contribution < -0.4 is 10.2 Å². The van der Waals surface area contributed by atoms with Gasteiger partial charge in [-0.3, -0.25) is 0 Å². The minimum Gasteiger partial charge on any atom is -0.461 e. The molecule has 2 aromatic rings. The van der Waals surface area contributed by atoms with Gasteiger partial charge in [-0.2, -0.15) is 0 Å². The van der Waals surface area contributed by atoms with E-state index in [1.54, 1.807) is 14.0 Å². The van der Waals surface area contributed by atoms with Gasteiger partial charge in [0.1, 0.15) is 5.00 Å². The normalized spacial score (nSPS) is 15.1. The first kappa shape index (κ1) is 18.7. The molecule has 0 saturated carbocycles. The summed E-state index contributed by atoms with van der Waals surface area (Å²) >= 11 is 1.49. The first-order chi connectivity index (χ1) is 12.7. The van der Waals surface area contributed by atoms with Gasteiger partial charge in [-0.1, -0.05) is 41.7 Å². The number of carbonyl (C=O) groups excluding carboxylic acids is 1. The summed E-state index contributed by atoms with van der Waals surface area (Å²) in [5.74, 6) is -0.359. The lowest BCUT2D eigenvalue weighted by Gasteiger charge is -2.32. The van der Waals surface area contributed by atoms with Gasteiger partial charge in [0.2, 0.25) is 0 Å². The molecule has 26 heavy (non-hydrogen) atoms. The lowest BCUT2D eigenvalue weighted by molar-refractivity contribution is 0.0251. The van der Waals surface area contributed by atoms with Crippen molar-refractivity contribution in [3.8, 4) is 0 Å².